The molecule has 5 N–H and O–H groups in total. The summed E-state index contributed by atoms with van der Waals surface area (Å²) in [5.74, 6) is -0.230. The molecule has 2 aromatic heterocycles. The van der Waals surface area contributed by atoms with Gasteiger partial charge < -0.3 is 30.1 Å². The Labute approximate surface area is 187 Å². The number of imidazole rings is 1. The highest BCUT2D eigenvalue weighted by Crippen LogP contribution is 2.41. The number of anilines is 1. The van der Waals surface area contributed by atoms with E-state index >= 15 is 0 Å². The van der Waals surface area contributed by atoms with E-state index in [0.29, 0.717) is 11.3 Å². The fourth-order valence-corrected chi connectivity index (χ4v) is 4.08. The van der Waals surface area contributed by atoms with Crippen LogP contribution in [0.3, 0.4) is 0 Å². The summed E-state index contributed by atoms with van der Waals surface area (Å²) in [7, 11) is -4.31. The Morgan fingerprint density at radius 2 is 2.00 bits per heavy atom. The number of benzene rings is 1. The monoisotopic (exact) mass is 481 g/mol. The third kappa shape index (κ3) is 4.57. The average molecular weight is 482 g/mol. The van der Waals surface area contributed by atoms with Gasteiger partial charge >= 0.3 is 7.60 Å². The van der Waals surface area contributed by atoms with Gasteiger partial charge in [-0.05, 0) is 24.1 Å². The van der Waals surface area contributed by atoms with Gasteiger partial charge in [-0.1, -0.05) is 30.3 Å². The molecule has 0 fully saturated rings. The van der Waals surface area contributed by atoms with E-state index < -0.39 is 31.8 Å². The maximum absolute atomic E-state index is 11.1. The molecule has 4 rings (SSSR count). The zero-order valence-electron chi connectivity index (χ0n) is 16.8. The van der Waals surface area contributed by atoms with Crippen LogP contribution in [0.4, 0.5) is 5.82 Å². The van der Waals surface area contributed by atoms with Gasteiger partial charge in [0.05, 0.1) is 12.2 Å². The normalized spacial score (nSPS) is 19.9. The van der Waals surface area contributed by atoms with E-state index in [1.54, 1.807) is 0 Å². The third-order valence-corrected chi connectivity index (χ3v) is 6.03. The number of allylic oxidation sites excluding steroid dienone is 1. The zero-order chi connectivity index (χ0) is 23.0. The maximum atomic E-state index is 11.1. The Morgan fingerprint density at radius 1 is 1.28 bits per heavy atom. The second-order valence-corrected chi connectivity index (χ2v) is 9.46. The number of hydrogen-bond acceptors (Lipinski definition) is 8. The van der Waals surface area contributed by atoms with Crippen molar-refractivity contribution in [3.8, 4) is 0 Å². The number of nitrogens with zero attached hydrogens (tertiary/aromatic N) is 4. The van der Waals surface area contributed by atoms with Gasteiger partial charge in [0.1, 0.15) is 12.1 Å². The largest absolute Gasteiger partial charge is 0.506 e. The Kier molecular flexibility index (Phi) is 6.11. The van der Waals surface area contributed by atoms with Gasteiger partial charge in [-0.3, -0.25) is 9.13 Å². The summed E-state index contributed by atoms with van der Waals surface area (Å²) in [5.41, 5.74) is 1.64. The lowest BCUT2D eigenvalue weighted by Crippen LogP contribution is -2.22. The molecule has 32 heavy (non-hydrogen) atoms. The van der Waals surface area contributed by atoms with Gasteiger partial charge in [0.2, 0.25) is 11.5 Å². The average Bonchev–Trinajstić information content (AvgIpc) is 3.28. The van der Waals surface area contributed by atoms with Crippen LogP contribution in [0.15, 0.2) is 48.2 Å². The van der Waals surface area contributed by atoms with Gasteiger partial charge in [0.25, 0.3) is 0 Å². The molecule has 1 unspecified atom stereocenters. The zero-order valence-corrected chi connectivity index (χ0v) is 18.5. The third-order valence-electron chi connectivity index (χ3n) is 5.05. The number of hydrogen-bond donors (Lipinski definition) is 5. The summed E-state index contributed by atoms with van der Waals surface area (Å²) >= 11 is 6.13. The maximum Gasteiger partial charge on any atom is 0.326 e. The van der Waals surface area contributed by atoms with Crippen molar-refractivity contribution in [2.75, 3.05) is 11.5 Å². The van der Waals surface area contributed by atoms with E-state index in [1.165, 1.54) is 10.9 Å². The molecule has 3 aromatic rings. The first kappa shape index (κ1) is 22.5. The minimum absolute atomic E-state index is 0.0617. The summed E-state index contributed by atoms with van der Waals surface area (Å²) in [6, 6.07) is 9.58. The molecule has 0 bridgehead atoms. The molecule has 170 valence electrons. The molecule has 0 saturated heterocycles. The summed E-state index contributed by atoms with van der Waals surface area (Å²) in [5, 5.41) is 23.8. The van der Waals surface area contributed by atoms with Crippen LogP contribution in [0, 0.1) is 0 Å². The van der Waals surface area contributed by atoms with Crippen LogP contribution in [0.1, 0.15) is 31.2 Å². The quantitative estimate of drug-likeness (QED) is 0.250. The van der Waals surface area contributed by atoms with E-state index in [-0.39, 0.29) is 29.2 Å². The lowest BCUT2D eigenvalue weighted by Gasteiger charge is -2.18. The van der Waals surface area contributed by atoms with Crippen LogP contribution in [0.25, 0.3) is 11.2 Å². The lowest BCUT2D eigenvalue weighted by molar-refractivity contribution is -0.00734. The number of aromatic nitrogens is 4. The number of halogens is 1. The molecule has 0 aliphatic carbocycles. The van der Waals surface area contributed by atoms with Crippen LogP contribution in [0.2, 0.25) is 5.28 Å². The van der Waals surface area contributed by atoms with E-state index in [4.69, 9.17) is 26.1 Å². The van der Waals surface area contributed by atoms with E-state index in [9.17, 15) is 14.8 Å². The van der Waals surface area contributed by atoms with Crippen molar-refractivity contribution >= 4 is 36.2 Å². The summed E-state index contributed by atoms with van der Waals surface area (Å²) in [6.07, 6.45) is -2.03. The lowest BCUT2D eigenvalue weighted by atomic mass is 10.1. The smallest absolute Gasteiger partial charge is 0.326 e. The van der Waals surface area contributed by atoms with Crippen molar-refractivity contribution in [3.05, 3.63) is 59.0 Å². The van der Waals surface area contributed by atoms with E-state index in [0.717, 1.165) is 5.56 Å². The highest BCUT2D eigenvalue weighted by atomic mass is 35.5. The van der Waals surface area contributed by atoms with Crippen LogP contribution in [-0.4, -0.2) is 51.8 Å². The summed E-state index contributed by atoms with van der Waals surface area (Å²) < 4.78 is 18.1. The van der Waals surface area contributed by atoms with Crippen LogP contribution in [-0.2, 0) is 9.30 Å². The minimum Gasteiger partial charge on any atom is -0.506 e. The van der Waals surface area contributed by atoms with E-state index in [1.807, 2.05) is 37.3 Å². The molecule has 3 atom stereocenters. The molecule has 13 heteroatoms. The summed E-state index contributed by atoms with van der Waals surface area (Å²) in [6.45, 7) is 1.95. The van der Waals surface area contributed by atoms with Gasteiger partial charge in [0.15, 0.2) is 28.8 Å². The Morgan fingerprint density at radius 3 is 2.69 bits per heavy atom. The van der Waals surface area contributed by atoms with Crippen LogP contribution in [0.5, 0.6) is 0 Å². The van der Waals surface area contributed by atoms with Crippen molar-refractivity contribution in [1.29, 1.82) is 0 Å². The fraction of sp³-hybridized carbons (Fsp3) is 0.316. The molecule has 1 aromatic carbocycles. The minimum atomic E-state index is -4.31. The first-order chi connectivity index (χ1) is 15.1. The second-order valence-electron chi connectivity index (χ2n) is 7.34. The van der Waals surface area contributed by atoms with Crippen LogP contribution < -0.4 is 5.32 Å². The number of aliphatic hydroxyl groups is 2. The second kappa shape index (κ2) is 8.68. The predicted molar refractivity (Wildman–Crippen MR) is 116 cm³/mol. The number of aliphatic hydroxyl groups excluding tert-OH is 2. The molecule has 1 aliphatic rings. The molecular weight excluding hydrogens is 461 g/mol. The Hall–Kier alpha value is -2.69. The predicted octanol–water partition coefficient (Wildman–Crippen LogP) is 2.88. The topological polar surface area (TPSA) is 163 Å². The van der Waals surface area contributed by atoms with Crippen molar-refractivity contribution in [2.24, 2.45) is 0 Å². The Bertz CT molecular complexity index is 1210. The van der Waals surface area contributed by atoms with Crippen molar-refractivity contribution < 1.29 is 29.3 Å². The molecule has 3 heterocycles. The first-order valence-corrected chi connectivity index (χ1v) is 11.8. The standard InChI is InChI=1S/C19H21ClN5O6P/c1-10(11-5-3-2-4-6-11)22-16-13-17(24-19(20)23-16)25(9-21-13)18-15(27)14(26)12(31-18)7-8-32(28,29)30/h2-6,9-10,15,18,26-27H,7-8H2,1H3,(H,22,23,24)(H2,28,29,30)/t10-,15?,18+/m0/s1. The molecule has 0 spiro atoms. The van der Waals surface area contributed by atoms with Crippen molar-refractivity contribution in [3.63, 3.8) is 0 Å². The molecule has 0 saturated carbocycles. The molecule has 11 nitrogen and oxygen atoms in total. The number of ether oxygens (including phenoxy) is 1. The first-order valence-electron chi connectivity index (χ1n) is 9.67. The molecule has 0 amide bonds. The van der Waals surface area contributed by atoms with Crippen molar-refractivity contribution in [2.45, 2.75) is 31.7 Å². The van der Waals surface area contributed by atoms with Gasteiger partial charge in [-0.25, -0.2) is 4.98 Å². The SMILES string of the molecule is C[C@H](Nc1nc(Cl)nc2c1ncn2[C@@H]1OC(CCP(=O)(O)O)=C(O)C1O)c1ccccc1. The van der Waals surface area contributed by atoms with E-state index in [2.05, 4.69) is 20.3 Å². The molecule has 1 aliphatic heterocycles. The van der Waals surface area contributed by atoms with Crippen molar-refractivity contribution in [1.82, 2.24) is 19.5 Å². The van der Waals surface area contributed by atoms with Gasteiger partial charge in [-0.2, -0.15) is 9.97 Å². The van der Waals surface area contributed by atoms with Crippen LogP contribution >= 0.6 is 19.2 Å². The fourth-order valence-electron chi connectivity index (χ4n) is 3.42. The number of fused-ring (bicyclic) bond motifs is 1. The Balaban J connectivity index is 1.62. The van der Waals surface area contributed by atoms with Gasteiger partial charge in [0, 0.05) is 6.42 Å². The molecule has 0 radical (unpaired) electrons. The summed E-state index contributed by atoms with van der Waals surface area (Å²) in [4.78, 5) is 30.9. The highest BCUT2D eigenvalue weighted by molar-refractivity contribution is 7.51. The highest BCUT2D eigenvalue weighted by Gasteiger charge is 2.38. The number of nitrogens with one attached hydrogen (secondary N) is 1. The molecular formula is C19H21ClN5O6P. The van der Waals surface area contributed by atoms with Gasteiger partial charge in [-0.15, -0.1) is 0 Å². The number of rotatable bonds is 7.